The lowest BCUT2D eigenvalue weighted by Gasteiger charge is -2.16. The van der Waals surface area contributed by atoms with Crippen molar-refractivity contribution in [2.24, 2.45) is 5.92 Å². The highest BCUT2D eigenvalue weighted by molar-refractivity contribution is 5.77. The van der Waals surface area contributed by atoms with Gasteiger partial charge in [0.05, 0.1) is 0 Å². The van der Waals surface area contributed by atoms with Crippen molar-refractivity contribution >= 4 is 5.91 Å². The zero-order valence-corrected chi connectivity index (χ0v) is 13.2. The van der Waals surface area contributed by atoms with E-state index in [4.69, 9.17) is 0 Å². The summed E-state index contributed by atoms with van der Waals surface area (Å²) in [6.45, 7) is 0.558. The van der Waals surface area contributed by atoms with Crippen LogP contribution in [-0.2, 0) is 11.2 Å². The largest absolute Gasteiger partial charge is 0.508 e. The average molecular weight is 309 g/mol. The molecule has 0 aliphatic heterocycles. The highest BCUT2D eigenvalue weighted by atomic mass is 16.3. The third-order valence-corrected chi connectivity index (χ3v) is 4.53. The summed E-state index contributed by atoms with van der Waals surface area (Å²) in [5, 5.41) is 12.7. The summed E-state index contributed by atoms with van der Waals surface area (Å²) in [7, 11) is 0. The Morgan fingerprint density at radius 2 is 1.78 bits per heavy atom. The van der Waals surface area contributed by atoms with E-state index in [0.29, 0.717) is 37.0 Å². The molecule has 1 saturated carbocycles. The van der Waals surface area contributed by atoms with E-state index in [0.717, 1.165) is 5.56 Å². The average Bonchev–Trinajstić information content (AvgIpc) is 3.40. The van der Waals surface area contributed by atoms with Crippen molar-refractivity contribution in [3.05, 3.63) is 65.7 Å². The van der Waals surface area contributed by atoms with E-state index in [1.807, 2.05) is 30.3 Å². The van der Waals surface area contributed by atoms with E-state index >= 15 is 0 Å². The Kier molecular flexibility index (Phi) is 4.96. The van der Waals surface area contributed by atoms with Crippen LogP contribution in [0, 0.1) is 5.92 Å². The first kappa shape index (κ1) is 15.6. The molecule has 1 aliphatic carbocycles. The van der Waals surface area contributed by atoms with Crippen LogP contribution in [0.25, 0.3) is 0 Å². The van der Waals surface area contributed by atoms with Gasteiger partial charge in [-0.25, -0.2) is 0 Å². The molecule has 2 aromatic rings. The lowest BCUT2D eigenvalue weighted by Crippen LogP contribution is -2.27. The maximum Gasteiger partial charge on any atom is 0.220 e. The number of aromatic hydroxyl groups is 1. The third kappa shape index (κ3) is 4.35. The maximum absolute atomic E-state index is 12.3. The molecule has 0 bridgehead atoms. The van der Waals surface area contributed by atoms with Gasteiger partial charge < -0.3 is 10.4 Å². The summed E-state index contributed by atoms with van der Waals surface area (Å²) in [5.74, 6) is 1.38. The third-order valence-electron chi connectivity index (χ3n) is 4.53. The van der Waals surface area contributed by atoms with Gasteiger partial charge in [0.25, 0.3) is 0 Å². The molecule has 1 atom stereocenters. The quantitative estimate of drug-likeness (QED) is 0.820. The SMILES string of the molecule is O=C(CC(c1ccccc1)C1CC1)NCCc1ccccc1O. The summed E-state index contributed by atoms with van der Waals surface area (Å²) in [6, 6.07) is 17.6. The van der Waals surface area contributed by atoms with E-state index in [-0.39, 0.29) is 5.91 Å². The Morgan fingerprint density at radius 1 is 1.09 bits per heavy atom. The number of carbonyl (C=O) groups is 1. The van der Waals surface area contributed by atoms with Crippen LogP contribution in [0.3, 0.4) is 0 Å². The summed E-state index contributed by atoms with van der Waals surface area (Å²) in [4.78, 5) is 12.3. The number of rotatable bonds is 7. The highest BCUT2D eigenvalue weighted by Gasteiger charge is 2.33. The maximum atomic E-state index is 12.3. The Balaban J connectivity index is 1.51. The number of benzene rings is 2. The van der Waals surface area contributed by atoms with Crippen LogP contribution < -0.4 is 5.32 Å². The molecule has 3 rings (SSSR count). The minimum atomic E-state index is 0.0983. The zero-order valence-electron chi connectivity index (χ0n) is 13.2. The second-order valence-corrected chi connectivity index (χ2v) is 6.29. The molecule has 0 heterocycles. The van der Waals surface area contributed by atoms with Crippen molar-refractivity contribution in [2.45, 2.75) is 31.6 Å². The van der Waals surface area contributed by atoms with Gasteiger partial charge in [-0.15, -0.1) is 0 Å². The van der Waals surface area contributed by atoms with Crippen molar-refractivity contribution in [2.75, 3.05) is 6.54 Å². The van der Waals surface area contributed by atoms with Gasteiger partial charge in [0.15, 0.2) is 0 Å². The molecule has 1 fully saturated rings. The van der Waals surface area contributed by atoms with Crippen LogP contribution in [0.15, 0.2) is 54.6 Å². The Hall–Kier alpha value is -2.29. The fourth-order valence-electron chi connectivity index (χ4n) is 3.09. The van der Waals surface area contributed by atoms with E-state index in [1.54, 1.807) is 12.1 Å². The fraction of sp³-hybridized carbons (Fsp3) is 0.350. The number of amides is 1. The van der Waals surface area contributed by atoms with Crippen LogP contribution in [-0.4, -0.2) is 17.6 Å². The van der Waals surface area contributed by atoms with Crippen molar-refractivity contribution in [1.82, 2.24) is 5.32 Å². The van der Waals surface area contributed by atoms with Gasteiger partial charge in [0.2, 0.25) is 5.91 Å². The van der Waals surface area contributed by atoms with Gasteiger partial charge in [-0.2, -0.15) is 0 Å². The first-order valence-electron chi connectivity index (χ1n) is 8.32. The normalized spacial score (nSPS) is 15.1. The van der Waals surface area contributed by atoms with Crippen LogP contribution >= 0.6 is 0 Å². The first-order chi connectivity index (χ1) is 11.2. The Morgan fingerprint density at radius 3 is 2.48 bits per heavy atom. The monoisotopic (exact) mass is 309 g/mol. The molecule has 3 heteroatoms. The Bertz CT molecular complexity index is 650. The van der Waals surface area contributed by atoms with E-state index in [1.165, 1.54) is 18.4 Å². The van der Waals surface area contributed by atoms with Crippen molar-refractivity contribution < 1.29 is 9.90 Å². The number of phenols is 1. The summed E-state index contributed by atoms with van der Waals surface area (Å²) < 4.78 is 0. The van der Waals surface area contributed by atoms with Crippen molar-refractivity contribution in [3.8, 4) is 5.75 Å². The molecule has 0 saturated heterocycles. The molecule has 0 aromatic heterocycles. The molecule has 120 valence electrons. The van der Waals surface area contributed by atoms with Crippen LogP contribution in [0.2, 0.25) is 0 Å². The topological polar surface area (TPSA) is 49.3 Å². The van der Waals surface area contributed by atoms with Crippen LogP contribution in [0.4, 0.5) is 0 Å². The second-order valence-electron chi connectivity index (χ2n) is 6.29. The second kappa shape index (κ2) is 7.32. The zero-order chi connectivity index (χ0) is 16.1. The van der Waals surface area contributed by atoms with E-state index in [9.17, 15) is 9.90 Å². The molecule has 0 spiro atoms. The fourth-order valence-corrected chi connectivity index (χ4v) is 3.09. The van der Waals surface area contributed by atoms with Gasteiger partial charge in [-0.1, -0.05) is 48.5 Å². The van der Waals surface area contributed by atoms with Gasteiger partial charge in [-0.05, 0) is 48.3 Å². The molecule has 2 aromatic carbocycles. The molecule has 2 N–H and O–H groups in total. The Labute approximate surface area is 137 Å². The van der Waals surface area contributed by atoms with E-state index in [2.05, 4.69) is 17.4 Å². The summed E-state index contributed by atoms with van der Waals surface area (Å²) in [5.41, 5.74) is 2.14. The summed E-state index contributed by atoms with van der Waals surface area (Å²) in [6.07, 6.45) is 3.66. The lowest BCUT2D eigenvalue weighted by atomic mass is 9.91. The van der Waals surface area contributed by atoms with Gasteiger partial charge in [0.1, 0.15) is 5.75 Å². The number of para-hydroxylation sites is 1. The molecule has 1 amide bonds. The predicted octanol–water partition coefficient (Wildman–Crippen LogP) is 3.63. The van der Waals surface area contributed by atoms with Gasteiger partial charge in [0, 0.05) is 13.0 Å². The number of hydrogen-bond acceptors (Lipinski definition) is 2. The molecular formula is C20H23NO2. The molecule has 23 heavy (non-hydrogen) atoms. The molecule has 1 aliphatic rings. The molecule has 0 radical (unpaired) electrons. The number of phenolic OH excluding ortho intramolecular Hbond substituents is 1. The molecular weight excluding hydrogens is 286 g/mol. The van der Waals surface area contributed by atoms with E-state index < -0.39 is 0 Å². The predicted molar refractivity (Wildman–Crippen MR) is 91.3 cm³/mol. The minimum Gasteiger partial charge on any atom is -0.508 e. The number of hydrogen-bond donors (Lipinski definition) is 2. The van der Waals surface area contributed by atoms with Crippen molar-refractivity contribution in [1.29, 1.82) is 0 Å². The van der Waals surface area contributed by atoms with Gasteiger partial charge >= 0.3 is 0 Å². The molecule has 1 unspecified atom stereocenters. The number of carbonyl (C=O) groups excluding carboxylic acids is 1. The molecule has 3 nitrogen and oxygen atoms in total. The van der Waals surface area contributed by atoms with Crippen molar-refractivity contribution in [3.63, 3.8) is 0 Å². The minimum absolute atomic E-state index is 0.0983. The van der Waals surface area contributed by atoms with Crippen LogP contribution in [0.5, 0.6) is 5.75 Å². The summed E-state index contributed by atoms with van der Waals surface area (Å²) >= 11 is 0. The standard InChI is InChI=1S/C20H23NO2/c22-19-9-5-4-8-17(19)12-13-21-20(23)14-18(16-10-11-16)15-6-2-1-3-7-15/h1-9,16,18,22H,10-14H2,(H,21,23). The lowest BCUT2D eigenvalue weighted by molar-refractivity contribution is -0.121. The smallest absolute Gasteiger partial charge is 0.220 e. The number of nitrogens with one attached hydrogen (secondary N) is 1. The van der Waals surface area contributed by atoms with Gasteiger partial charge in [-0.3, -0.25) is 4.79 Å². The first-order valence-corrected chi connectivity index (χ1v) is 8.32. The highest BCUT2D eigenvalue weighted by Crippen LogP contribution is 2.44. The van der Waals surface area contributed by atoms with Crippen LogP contribution in [0.1, 0.15) is 36.3 Å².